The van der Waals surface area contributed by atoms with Crippen LogP contribution < -0.4 is 10.2 Å². The van der Waals surface area contributed by atoms with Gasteiger partial charge in [-0.25, -0.2) is 4.90 Å². The second-order valence-corrected chi connectivity index (χ2v) is 8.76. The number of nitrogens with zero attached hydrogens (tertiary/aromatic N) is 1. The number of hydrogen-bond acceptors (Lipinski definition) is 3. The standard InChI is InChI=1S/C23H21ClN2O3/c1-12-6-9-15(24)11-17(12)25-21(27)16-4-2-3-5-18(16)26-22(28)19-13-7-8-14(10-13)20(19)23(26)29/h2-6,9,11,13-14,19-20H,7-8,10H2,1H3,(H,25,27)/t13-,14-,19-,20+/m0/s1. The number of nitrogens with one attached hydrogen (secondary N) is 1. The van der Waals surface area contributed by atoms with E-state index in [1.807, 2.05) is 13.0 Å². The lowest BCUT2D eigenvalue weighted by atomic mass is 9.81. The van der Waals surface area contributed by atoms with Crippen molar-refractivity contribution in [1.29, 1.82) is 0 Å². The van der Waals surface area contributed by atoms with E-state index in [1.54, 1.807) is 36.4 Å². The highest BCUT2D eigenvalue weighted by atomic mass is 35.5. The van der Waals surface area contributed by atoms with E-state index in [0.29, 0.717) is 33.8 Å². The third-order valence-electron chi connectivity index (χ3n) is 6.76. The first-order chi connectivity index (χ1) is 14.0. The van der Waals surface area contributed by atoms with Crippen LogP contribution in [0.2, 0.25) is 5.02 Å². The number of rotatable bonds is 3. The molecule has 3 amide bonds. The number of halogens is 1. The number of carbonyl (C=O) groups excluding carboxylic acids is 3. The SMILES string of the molecule is Cc1ccc(Cl)cc1NC(=O)c1ccccc1N1C(=O)[C@@H]2[C@H]3CC[C@@H](C3)[C@@H]2C1=O. The number of hydrogen-bond donors (Lipinski definition) is 1. The van der Waals surface area contributed by atoms with Gasteiger partial charge in [0.25, 0.3) is 5.91 Å². The van der Waals surface area contributed by atoms with Gasteiger partial charge in [-0.3, -0.25) is 14.4 Å². The molecule has 3 aliphatic rings. The van der Waals surface area contributed by atoms with Crippen molar-refractivity contribution in [2.45, 2.75) is 26.2 Å². The molecule has 29 heavy (non-hydrogen) atoms. The number of fused-ring (bicyclic) bond motifs is 5. The van der Waals surface area contributed by atoms with E-state index in [2.05, 4.69) is 5.32 Å². The van der Waals surface area contributed by atoms with Gasteiger partial charge < -0.3 is 5.32 Å². The fourth-order valence-corrected chi connectivity index (χ4v) is 5.60. The zero-order chi connectivity index (χ0) is 20.3. The average Bonchev–Trinajstić information content (AvgIpc) is 3.38. The molecule has 1 aliphatic heterocycles. The zero-order valence-electron chi connectivity index (χ0n) is 16.0. The molecule has 5 nitrogen and oxygen atoms in total. The summed E-state index contributed by atoms with van der Waals surface area (Å²) in [7, 11) is 0. The van der Waals surface area contributed by atoms with Crippen LogP contribution in [0.3, 0.4) is 0 Å². The first-order valence-electron chi connectivity index (χ1n) is 10.00. The number of imide groups is 1. The highest BCUT2D eigenvalue weighted by Gasteiger charge is 2.61. The van der Waals surface area contributed by atoms with Gasteiger partial charge in [0.1, 0.15) is 0 Å². The summed E-state index contributed by atoms with van der Waals surface area (Å²) in [6.45, 7) is 1.88. The number of carbonyl (C=O) groups is 3. The fourth-order valence-electron chi connectivity index (χ4n) is 5.43. The summed E-state index contributed by atoms with van der Waals surface area (Å²) in [6, 6.07) is 12.1. The molecule has 2 bridgehead atoms. The van der Waals surface area contributed by atoms with Gasteiger partial charge in [-0.05, 0) is 67.9 Å². The average molecular weight is 409 g/mol. The summed E-state index contributed by atoms with van der Waals surface area (Å²) in [5, 5.41) is 3.39. The van der Waals surface area contributed by atoms with E-state index < -0.39 is 0 Å². The summed E-state index contributed by atoms with van der Waals surface area (Å²) in [6.07, 6.45) is 3.03. The second-order valence-electron chi connectivity index (χ2n) is 8.33. The van der Waals surface area contributed by atoms with Gasteiger partial charge in [0.05, 0.1) is 23.1 Å². The predicted molar refractivity (Wildman–Crippen MR) is 111 cm³/mol. The Morgan fingerprint density at radius 1 is 1.03 bits per heavy atom. The summed E-state index contributed by atoms with van der Waals surface area (Å²) >= 11 is 6.06. The maximum atomic E-state index is 13.2. The lowest BCUT2D eigenvalue weighted by Gasteiger charge is -2.20. The van der Waals surface area contributed by atoms with Crippen LogP contribution in [0, 0.1) is 30.6 Å². The van der Waals surface area contributed by atoms with Crippen LogP contribution >= 0.6 is 11.6 Å². The number of para-hydroxylation sites is 1. The van der Waals surface area contributed by atoms with Crippen LogP contribution in [0.15, 0.2) is 42.5 Å². The highest BCUT2D eigenvalue weighted by molar-refractivity contribution is 6.31. The second kappa shape index (κ2) is 6.70. The van der Waals surface area contributed by atoms with Gasteiger partial charge in [-0.15, -0.1) is 0 Å². The smallest absolute Gasteiger partial charge is 0.257 e. The Balaban J connectivity index is 1.49. The molecule has 4 atom stereocenters. The van der Waals surface area contributed by atoms with Gasteiger partial charge in [0.2, 0.25) is 11.8 Å². The molecule has 2 aromatic carbocycles. The highest BCUT2D eigenvalue weighted by Crippen LogP contribution is 2.56. The van der Waals surface area contributed by atoms with Crippen molar-refractivity contribution in [3.63, 3.8) is 0 Å². The van der Waals surface area contributed by atoms with Gasteiger partial charge in [-0.1, -0.05) is 29.8 Å². The molecule has 0 unspecified atom stereocenters. The Morgan fingerprint density at radius 2 is 1.69 bits per heavy atom. The largest absolute Gasteiger partial charge is 0.322 e. The lowest BCUT2D eigenvalue weighted by molar-refractivity contribution is -0.123. The van der Waals surface area contributed by atoms with Gasteiger partial charge in [-0.2, -0.15) is 0 Å². The maximum absolute atomic E-state index is 13.2. The van der Waals surface area contributed by atoms with Crippen LogP contribution in [0.4, 0.5) is 11.4 Å². The number of anilines is 2. The van der Waals surface area contributed by atoms with Crippen LogP contribution in [0.25, 0.3) is 0 Å². The molecule has 1 N–H and O–H groups in total. The minimum absolute atomic E-state index is 0.147. The first kappa shape index (κ1) is 18.4. The minimum atomic E-state index is -0.369. The molecule has 3 fully saturated rings. The molecule has 1 saturated heterocycles. The first-order valence-corrected chi connectivity index (χ1v) is 10.4. The molecule has 0 radical (unpaired) electrons. The summed E-state index contributed by atoms with van der Waals surface area (Å²) in [5.41, 5.74) is 2.15. The van der Waals surface area contributed by atoms with E-state index in [9.17, 15) is 14.4 Å². The molecule has 0 spiro atoms. The van der Waals surface area contributed by atoms with Crippen LogP contribution in [-0.2, 0) is 9.59 Å². The third-order valence-corrected chi connectivity index (χ3v) is 7.00. The minimum Gasteiger partial charge on any atom is -0.322 e. The van der Waals surface area contributed by atoms with Crippen molar-refractivity contribution in [3.8, 4) is 0 Å². The van der Waals surface area contributed by atoms with Crippen LogP contribution in [0.5, 0.6) is 0 Å². The lowest BCUT2D eigenvalue weighted by Crippen LogP contribution is -2.34. The molecular formula is C23H21ClN2O3. The Labute approximate surface area is 174 Å². The molecule has 2 aliphatic carbocycles. The summed E-state index contributed by atoms with van der Waals surface area (Å²) in [5.74, 6) is -0.479. The molecule has 6 heteroatoms. The Morgan fingerprint density at radius 3 is 2.38 bits per heavy atom. The van der Waals surface area contributed by atoms with E-state index in [1.165, 1.54) is 4.90 Å². The van der Waals surface area contributed by atoms with Crippen molar-refractivity contribution in [3.05, 3.63) is 58.6 Å². The normalized spacial score (nSPS) is 27.4. The summed E-state index contributed by atoms with van der Waals surface area (Å²) < 4.78 is 0. The van der Waals surface area contributed by atoms with E-state index >= 15 is 0 Å². The molecular weight excluding hydrogens is 388 g/mol. The number of amides is 3. The summed E-state index contributed by atoms with van der Waals surface area (Å²) in [4.78, 5) is 40.7. The van der Waals surface area contributed by atoms with Crippen molar-refractivity contribution in [2.24, 2.45) is 23.7 Å². The Bertz CT molecular complexity index is 1020. The van der Waals surface area contributed by atoms with E-state index in [0.717, 1.165) is 24.8 Å². The molecule has 2 saturated carbocycles. The fraction of sp³-hybridized carbons (Fsp3) is 0.348. The van der Waals surface area contributed by atoms with E-state index in [4.69, 9.17) is 11.6 Å². The Hall–Kier alpha value is -2.66. The van der Waals surface area contributed by atoms with Crippen molar-refractivity contribution in [1.82, 2.24) is 0 Å². The van der Waals surface area contributed by atoms with Gasteiger partial charge in [0.15, 0.2) is 0 Å². The van der Waals surface area contributed by atoms with Crippen molar-refractivity contribution in [2.75, 3.05) is 10.2 Å². The molecule has 5 rings (SSSR count). The van der Waals surface area contributed by atoms with Crippen molar-refractivity contribution >= 4 is 40.7 Å². The number of aryl methyl sites for hydroxylation is 1. The topological polar surface area (TPSA) is 66.5 Å². The van der Waals surface area contributed by atoms with Gasteiger partial charge in [0, 0.05) is 10.7 Å². The molecule has 2 aromatic rings. The predicted octanol–water partition coefficient (Wildman–Crippen LogP) is 4.44. The quantitative estimate of drug-likeness (QED) is 0.763. The maximum Gasteiger partial charge on any atom is 0.257 e. The molecule has 0 aromatic heterocycles. The molecule has 1 heterocycles. The van der Waals surface area contributed by atoms with Crippen LogP contribution in [-0.4, -0.2) is 17.7 Å². The Kier molecular flexibility index (Phi) is 4.24. The third kappa shape index (κ3) is 2.79. The monoisotopic (exact) mass is 408 g/mol. The molecule has 148 valence electrons. The van der Waals surface area contributed by atoms with Crippen molar-refractivity contribution < 1.29 is 14.4 Å². The van der Waals surface area contributed by atoms with Crippen LogP contribution in [0.1, 0.15) is 35.2 Å². The zero-order valence-corrected chi connectivity index (χ0v) is 16.8. The number of benzene rings is 2. The van der Waals surface area contributed by atoms with E-state index in [-0.39, 0.29) is 29.6 Å². The van der Waals surface area contributed by atoms with Gasteiger partial charge >= 0.3 is 0 Å².